The van der Waals surface area contributed by atoms with Crippen molar-refractivity contribution in [1.82, 2.24) is 14.8 Å². The average molecular weight is 386 g/mol. The fourth-order valence-corrected chi connectivity index (χ4v) is 3.96. The molecular weight excluding hydrogens is 365 g/mol. The third-order valence-electron chi connectivity index (χ3n) is 4.35. The van der Waals surface area contributed by atoms with Crippen LogP contribution in [0.4, 0.5) is 18.3 Å². The van der Waals surface area contributed by atoms with Gasteiger partial charge in [0, 0.05) is 32.2 Å². The monoisotopic (exact) mass is 386 g/mol. The van der Waals surface area contributed by atoms with Gasteiger partial charge in [0.05, 0.1) is 10.6 Å². The van der Waals surface area contributed by atoms with Crippen LogP contribution in [0.1, 0.15) is 6.42 Å². The SMILES string of the molecule is CN(C)CCN1CC(F)CC(C(=O)Nc2nc3c(F)cc(F)cc3s2)C1. The van der Waals surface area contributed by atoms with Crippen LogP contribution in [0.15, 0.2) is 12.1 Å². The molecule has 26 heavy (non-hydrogen) atoms. The third-order valence-corrected chi connectivity index (χ3v) is 5.27. The summed E-state index contributed by atoms with van der Waals surface area (Å²) >= 11 is 0.997. The Balaban J connectivity index is 1.68. The van der Waals surface area contributed by atoms with Crippen molar-refractivity contribution < 1.29 is 18.0 Å². The van der Waals surface area contributed by atoms with Crippen LogP contribution >= 0.6 is 11.3 Å². The van der Waals surface area contributed by atoms with Gasteiger partial charge in [-0.05, 0) is 26.6 Å². The standard InChI is InChI=1S/C17H21F3N4OS/c1-23(2)3-4-24-8-10(5-12(19)9-24)16(25)22-17-21-15-13(20)6-11(18)7-14(15)26-17/h6-7,10,12H,3-5,8-9H2,1-2H3,(H,21,22,25). The van der Waals surface area contributed by atoms with Gasteiger partial charge in [-0.2, -0.15) is 0 Å². The van der Waals surface area contributed by atoms with E-state index in [1.54, 1.807) is 0 Å². The largest absolute Gasteiger partial charge is 0.308 e. The van der Waals surface area contributed by atoms with Crippen LogP contribution in [0.3, 0.4) is 0 Å². The number of carbonyl (C=O) groups is 1. The summed E-state index contributed by atoms with van der Waals surface area (Å²) in [6, 6.07) is 1.93. The molecule has 1 saturated heterocycles. The second-order valence-corrected chi connectivity index (χ2v) is 7.87. The lowest BCUT2D eigenvalue weighted by molar-refractivity contribution is -0.122. The third kappa shape index (κ3) is 4.52. The Bertz CT molecular complexity index is 798. The normalized spacial score (nSPS) is 21.5. The maximum atomic E-state index is 14.0. The lowest BCUT2D eigenvalue weighted by atomic mass is 9.96. The molecule has 1 aromatic heterocycles. The van der Waals surface area contributed by atoms with Gasteiger partial charge in [0.25, 0.3) is 0 Å². The van der Waals surface area contributed by atoms with E-state index in [-0.39, 0.29) is 23.0 Å². The Labute approximate surface area is 153 Å². The van der Waals surface area contributed by atoms with Gasteiger partial charge in [-0.3, -0.25) is 9.69 Å². The van der Waals surface area contributed by atoms with Gasteiger partial charge < -0.3 is 10.2 Å². The average Bonchev–Trinajstić information content (AvgIpc) is 2.95. The number of hydrogen-bond donors (Lipinski definition) is 1. The van der Waals surface area contributed by atoms with Crippen LogP contribution < -0.4 is 5.32 Å². The molecule has 2 atom stereocenters. The van der Waals surface area contributed by atoms with Crippen molar-refractivity contribution in [2.45, 2.75) is 12.6 Å². The molecule has 0 saturated carbocycles. The molecule has 0 radical (unpaired) electrons. The van der Waals surface area contributed by atoms with E-state index in [2.05, 4.69) is 10.3 Å². The molecule has 1 amide bonds. The number of halogens is 3. The highest BCUT2D eigenvalue weighted by molar-refractivity contribution is 7.22. The van der Waals surface area contributed by atoms with E-state index in [9.17, 15) is 18.0 Å². The summed E-state index contributed by atoms with van der Waals surface area (Å²) in [5, 5.41) is 2.82. The number of anilines is 1. The highest BCUT2D eigenvalue weighted by Gasteiger charge is 2.32. The van der Waals surface area contributed by atoms with Crippen LogP contribution in [0.25, 0.3) is 10.2 Å². The van der Waals surface area contributed by atoms with Crippen molar-refractivity contribution in [3.63, 3.8) is 0 Å². The molecule has 2 unspecified atom stereocenters. The van der Waals surface area contributed by atoms with Gasteiger partial charge in [0.1, 0.15) is 17.5 Å². The predicted molar refractivity (Wildman–Crippen MR) is 96.2 cm³/mol. The van der Waals surface area contributed by atoms with Gasteiger partial charge in [-0.25, -0.2) is 18.2 Å². The van der Waals surface area contributed by atoms with Crippen molar-refractivity contribution in [2.75, 3.05) is 45.6 Å². The molecule has 5 nitrogen and oxygen atoms in total. The molecule has 0 spiro atoms. The molecule has 9 heteroatoms. The minimum atomic E-state index is -1.07. The Hall–Kier alpha value is -1.71. The topological polar surface area (TPSA) is 48.5 Å². The number of alkyl halides is 1. The van der Waals surface area contributed by atoms with Crippen LogP contribution in [-0.4, -0.2) is 67.1 Å². The Morgan fingerprint density at radius 1 is 1.38 bits per heavy atom. The van der Waals surface area contributed by atoms with Crippen LogP contribution in [0.2, 0.25) is 0 Å². The van der Waals surface area contributed by atoms with Gasteiger partial charge in [0.2, 0.25) is 5.91 Å². The van der Waals surface area contributed by atoms with E-state index in [4.69, 9.17) is 0 Å². The fraction of sp³-hybridized carbons (Fsp3) is 0.529. The van der Waals surface area contributed by atoms with Crippen LogP contribution in [0, 0.1) is 17.6 Å². The minimum absolute atomic E-state index is 0.0197. The number of likely N-dealkylation sites (N-methyl/N-ethyl adjacent to an activating group) is 1. The summed E-state index contributed by atoms with van der Waals surface area (Å²) in [4.78, 5) is 20.5. The minimum Gasteiger partial charge on any atom is -0.308 e. The van der Waals surface area contributed by atoms with Crippen molar-refractivity contribution in [3.05, 3.63) is 23.8 Å². The molecule has 1 N–H and O–H groups in total. The Kier molecular flexibility index (Phi) is 5.79. The Morgan fingerprint density at radius 3 is 2.88 bits per heavy atom. The van der Waals surface area contributed by atoms with Gasteiger partial charge >= 0.3 is 0 Å². The highest BCUT2D eigenvalue weighted by atomic mass is 32.1. The number of rotatable bonds is 5. The lowest BCUT2D eigenvalue weighted by Gasteiger charge is -2.34. The first kappa shape index (κ1) is 19.1. The number of nitrogens with zero attached hydrogens (tertiary/aromatic N) is 3. The number of fused-ring (bicyclic) bond motifs is 1. The Morgan fingerprint density at radius 2 is 2.15 bits per heavy atom. The van der Waals surface area contributed by atoms with E-state index >= 15 is 0 Å². The number of nitrogens with one attached hydrogen (secondary N) is 1. The lowest BCUT2D eigenvalue weighted by Crippen LogP contribution is -2.47. The molecule has 2 aromatic rings. The molecule has 142 valence electrons. The smallest absolute Gasteiger partial charge is 0.230 e. The summed E-state index contributed by atoms with van der Waals surface area (Å²) in [5.74, 6) is -2.31. The quantitative estimate of drug-likeness (QED) is 0.859. The van der Waals surface area contributed by atoms with Gasteiger partial charge in [0.15, 0.2) is 10.9 Å². The first-order valence-electron chi connectivity index (χ1n) is 8.39. The molecule has 0 aliphatic carbocycles. The van der Waals surface area contributed by atoms with Crippen LogP contribution in [0.5, 0.6) is 0 Å². The van der Waals surface area contributed by atoms with Gasteiger partial charge in [-0.15, -0.1) is 0 Å². The van der Waals surface area contributed by atoms with E-state index < -0.39 is 23.7 Å². The molecule has 3 rings (SSSR count). The number of aromatic nitrogens is 1. The summed E-state index contributed by atoms with van der Waals surface area (Å²) < 4.78 is 41.4. The number of benzene rings is 1. The molecule has 1 fully saturated rings. The van der Waals surface area contributed by atoms with Crippen molar-refractivity contribution in [3.8, 4) is 0 Å². The molecule has 1 aromatic carbocycles. The number of hydrogen-bond acceptors (Lipinski definition) is 5. The maximum Gasteiger partial charge on any atom is 0.230 e. The van der Waals surface area contributed by atoms with E-state index in [1.807, 2.05) is 23.9 Å². The summed E-state index contributed by atoms with van der Waals surface area (Å²) in [6.45, 7) is 2.25. The van der Waals surface area contributed by atoms with E-state index in [0.717, 1.165) is 23.9 Å². The summed E-state index contributed by atoms with van der Waals surface area (Å²) in [5.41, 5.74) is 0.0197. The molecular formula is C17H21F3N4OS. The van der Waals surface area contributed by atoms with Crippen molar-refractivity contribution in [1.29, 1.82) is 0 Å². The molecule has 1 aliphatic rings. The van der Waals surface area contributed by atoms with E-state index in [0.29, 0.717) is 24.3 Å². The second-order valence-electron chi connectivity index (χ2n) is 6.84. The van der Waals surface area contributed by atoms with Crippen molar-refractivity contribution >= 4 is 32.6 Å². The molecule has 2 heterocycles. The van der Waals surface area contributed by atoms with E-state index in [1.165, 1.54) is 6.07 Å². The zero-order chi connectivity index (χ0) is 18.8. The maximum absolute atomic E-state index is 14.0. The first-order chi connectivity index (χ1) is 12.3. The second kappa shape index (κ2) is 7.89. The highest BCUT2D eigenvalue weighted by Crippen LogP contribution is 2.29. The van der Waals surface area contributed by atoms with Crippen LogP contribution in [-0.2, 0) is 4.79 Å². The molecule has 1 aliphatic heterocycles. The number of piperidine rings is 1. The zero-order valence-electron chi connectivity index (χ0n) is 14.6. The number of carbonyl (C=O) groups excluding carboxylic acids is 1. The van der Waals surface area contributed by atoms with Gasteiger partial charge in [-0.1, -0.05) is 11.3 Å². The van der Waals surface area contributed by atoms with Crippen molar-refractivity contribution in [2.24, 2.45) is 5.92 Å². The molecule has 0 bridgehead atoms. The predicted octanol–water partition coefficient (Wildman–Crippen LogP) is 2.73. The summed E-state index contributed by atoms with van der Waals surface area (Å²) in [7, 11) is 3.88. The zero-order valence-corrected chi connectivity index (χ0v) is 15.5. The number of likely N-dealkylation sites (tertiary alicyclic amines) is 1. The summed E-state index contributed by atoms with van der Waals surface area (Å²) in [6.07, 6.45) is -0.915. The fourth-order valence-electron chi connectivity index (χ4n) is 3.06. The first-order valence-corrected chi connectivity index (χ1v) is 9.21. The number of thiazole rings is 1. The number of amides is 1.